The molecule has 0 saturated heterocycles. The summed E-state index contributed by atoms with van der Waals surface area (Å²) < 4.78 is 5.52. The Morgan fingerprint density at radius 3 is 2.13 bits per heavy atom. The van der Waals surface area contributed by atoms with Crippen molar-refractivity contribution < 1.29 is 24.2 Å². The maximum Gasteiger partial charge on any atom is 0.407 e. The number of rotatable bonds is 8. The molecule has 0 heterocycles. The van der Waals surface area contributed by atoms with Crippen molar-refractivity contribution in [3.8, 4) is 11.1 Å². The van der Waals surface area contributed by atoms with Crippen molar-refractivity contribution in [2.45, 2.75) is 44.7 Å². The summed E-state index contributed by atoms with van der Waals surface area (Å²) in [6.45, 7) is 3.46. The summed E-state index contributed by atoms with van der Waals surface area (Å²) in [5.74, 6) is -1.63. The first-order chi connectivity index (χ1) is 14.8. The van der Waals surface area contributed by atoms with Crippen LogP contribution in [-0.4, -0.2) is 53.7 Å². The van der Waals surface area contributed by atoms with E-state index in [1.54, 1.807) is 0 Å². The molecule has 0 bridgehead atoms. The van der Waals surface area contributed by atoms with Crippen LogP contribution in [0.2, 0.25) is 0 Å². The minimum Gasteiger partial charge on any atom is -0.480 e. The van der Waals surface area contributed by atoms with Crippen molar-refractivity contribution in [2.24, 2.45) is 0 Å². The normalized spacial score (nSPS) is 14.2. The number of hydrogen-bond donors (Lipinski definition) is 2. The van der Waals surface area contributed by atoms with Gasteiger partial charge in [-0.05, 0) is 35.6 Å². The molecule has 164 valence electrons. The van der Waals surface area contributed by atoms with Gasteiger partial charge in [0.15, 0.2) is 0 Å². The number of fused-ring (bicyclic) bond motifs is 3. The number of carbonyl (C=O) groups excluding carboxylic acids is 2. The number of likely N-dealkylation sites (N-methyl/N-ethyl adjacent to an activating group) is 1. The second kappa shape index (κ2) is 9.64. The van der Waals surface area contributed by atoms with Crippen molar-refractivity contribution in [1.29, 1.82) is 0 Å². The quantitative estimate of drug-likeness (QED) is 0.675. The van der Waals surface area contributed by atoms with Crippen LogP contribution in [0, 0.1) is 0 Å². The minimum atomic E-state index is -1.10. The predicted octanol–water partition coefficient (Wildman–Crippen LogP) is 3.63. The van der Waals surface area contributed by atoms with Gasteiger partial charge in [0.2, 0.25) is 5.91 Å². The zero-order chi connectivity index (χ0) is 22.5. The third-order valence-electron chi connectivity index (χ3n) is 5.80. The first-order valence-corrected chi connectivity index (χ1v) is 10.5. The Bertz CT molecular complexity index is 928. The molecule has 0 radical (unpaired) electrons. The topological polar surface area (TPSA) is 95.9 Å². The van der Waals surface area contributed by atoms with Gasteiger partial charge in [0.25, 0.3) is 0 Å². The van der Waals surface area contributed by atoms with Gasteiger partial charge >= 0.3 is 12.1 Å². The van der Waals surface area contributed by atoms with Crippen LogP contribution in [0.3, 0.4) is 0 Å². The van der Waals surface area contributed by atoms with E-state index in [2.05, 4.69) is 17.4 Å². The van der Waals surface area contributed by atoms with Crippen LogP contribution in [0.15, 0.2) is 48.5 Å². The molecule has 0 fully saturated rings. The fourth-order valence-corrected chi connectivity index (χ4v) is 3.93. The molecular weight excluding hydrogens is 396 g/mol. The van der Waals surface area contributed by atoms with Gasteiger partial charge in [-0.1, -0.05) is 61.9 Å². The summed E-state index contributed by atoms with van der Waals surface area (Å²) in [5.41, 5.74) is 4.48. The molecule has 7 nitrogen and oxygen atoms in total. The predicted molar refractivity (Wildman–Crippen MR) is 117 cm³/mol. The van der Waals surface area contributed by atoms with Gasteiger partial charge < -0.3 is 20.1 Å². The van der Waals surface area contributed by atoms with Crippen LogP contribution in [0.1, 0.15) is 43.7 Å². The van der Waals surface area contributed by atoms with E-state index in [4.69, 9.17) is 9.84 Å². The average molecular weight is 424 g/mol. The Labute approximate surface area is 182 Å². The third kappa shape index (κ3) is 4.71. The number of carbonyl (C=O) groups is 3. The van der Waals surface area contributed by atoms with Crippen molar-refractivity contribution in [1.82, 2.24) is 10.2 Å². The lowest BCUT2D eigenvalue weighted by Gasteiger charge is -2.27. The first-order valence-electron chi connectivity index (χ1n) is 10.5. The second-order valence-corrected chi connectivity index (χ2v) is 7.77. The van der Waals surface area contributed by atoms with E-state index >= 15 is 0 Å². The number of alkyl carbamates (subject to hydrolysis) is 1. The summed E-state index contributed by atoms with van der Waals surface area (Å²) in [6, 6.07) is 14.3. The fourth-order valence-electron chi connectivity index (χ4n) is 3.93. The molecule has 2 atom stereocenters. The zero-order valence-electron chi connectivity index (χ0n) is 18.0. The van der Waals surface area contributed by atoms with Crippen molar-refractivity contribution >= 4 is 18.0 Å². The minimum absolute atomic E-state index is 0.0758. The SMILES string of the molecule is CCCC(NC(=O)OCC1c2ccccc2-c2ccccc21)C(=O)N(C)C(C)C(=O)O. The van der Waals surface area contributed by atoms with Gasteiger partial charge in [0, 0.05) is 13.0 Å². The molecule has 7 heteroatoms. The van der Waals surface area contributed by atoms with Gasteiger partial charge in [0.1, 0.15) is 18.7 Å². The van der Waals surface area contributed by atoms with Gasteiger partial charge in [-0.3, -0.25) is 4.79 Å². The summed E-state index contributed by atoms with van der Waals surface area (Å²) in [5, 5.41) is 11.8. The molecule has 2 aromatic rings. The molecule has 0 aliphatic heterocycles. The Balaban J connectivity index is 1.67. The fraction of sp³-hybridized carbons (Fsp3) is 0.375. The van der Waals surface area contributed by atoms with E-state index in [1.807, 2.05) is 43.3 Å². The van der Waals surface area contributed by atoms with E-state index < -0.39 is 30.1 Å². The van der Waals surface area contributed by atoms with Gasteiger partial charge in [-0.2, -0.15) is 0 Å². The molecule has 0 spiro atoms. The lowest BCUT2D eigenvalue weighted by atomic mass is 9.98. The smallest absolute Gasteiger partial charge is 0.407 e. The van der Waals surface area contributed by atoms with Crippen LogP contribution in [0.4, 0.5) is 4.79 Å². The highest BCUT2D eigenvalue weighted by Gasteiger charge is 2.31. The number of aliphatic carboxylic acids is 1. The number of carboxylic acid groups (broad SMARTS) is 1. The Kier molecular flexibility index (Phi) is 6.95. The van der Waals surface area contributed by atoms with Crippen LogP contribution >= 0.6 is 0 Å². The molecule has 0 saturated carbocycles. The highest BCUT2D eigenvalue weighted by Crippen LogP contribution is 2.44. The Morgan fingerprint density at radius 1 is 1.06 bits per heavy atom. The van der Waals surface area contributed by atoms with Gasteiger partial charge in [-0.15, -0.1) is 0 Å². The number of amides is 2. The molecule has 3 rings (SSSR count). The number of nitrogens with one attached hydrogen (secondary N) is 1. The molecule has 0 aromatic heterocycles. The molecule has 1 aliphatic carbocycles. The molecule has 31 heavy (non-hydrogen) atoms. The summed E-state index contributed by atoms with van der Waals surface area (Å²) in [4.78, 5) is 37.5. The van der Waals surface area contributed by atoms with E-state index in [1.165, 1.54) is 14.0 Å². The van der Waals surface area contributed by atoms with Crippen molar-refractivity contribution in [2.75, 3.05) is 13.7 Å². The van der Waals surface area contributed by atoms with E-state index in [0.717, 1.165) is 27.2 Å². The summed E-state index contributed by atoms with van der Waals surface area (Å²) >= 11 is 0. The number of benzene rings is 2. The van der Waals surface area contributed by atoms with Gasteiger partial charge in [-0.25, -0.2) is 9.59 Å². The number of nitrogens with zero attached hydrogens (tertiary/aromatic N) is 1. The molecule has 2 aromatic carbocycles. The maximum absolute atomic E-state index is 12.7. The summed E-state index contributed by atoms with van der Waals surface area (Å²) in [7, 11) is 1.42. The van der Waals surface area contributed by atoms with Crippen LogP contribution in [0.5, 0.6) is 0 Å². The van der Waals surface area contributed by atoms with E-state index in [9.17, 15) is 14.4 Å². The molecular formula is C24H28N2O5. The van der Waals surface area contributed by atoms with E-state index in [0.29, 0.717) is 12.8 Å². The van der Waals surface area contributed by atoms with Crippen LogP contribution in [0.25, 0.3) is 11.1 Å². The zero-order valence-corrected chi connectivity index (χ0v) is 18.0. The molecule has 2 N–H and O–H groups in total. The Morgan fingerprint density at radius 2 is 1.61 bits per heavy atom. The van der Waals surface area contributed by atoms with Crippen molar-refractivity contribution in [3.05, 3.63) is 59.7 Å². The molecule has 2 amide bonds. The van der Waals surface area contributed by atoms with E-state index in [-0.39, 0.29) is 12.5 Å². The summed E-state index contributed by atoms with van der Waals surface area (Å²) in [6.07, 6.45) is 0.347. The number of carboxylic acids is 1. The third-order valence-corrected chi connectivity index (χ3v) is 5.80. The standard InChI is InChI=1S/C24H28N2O5/c1-4-9-21(22(27)26(3)15(2)23(28)29)25-24(30)31-14-20-18-12-7-5-10-16(18)17-11-6-8-13-19(17)20/h5-8,10-13,15,20-21H,4,9,14H2,1-3H3,(H,25,30)(H,28,29). The largest absolute Gasteiger partial charge is 0.480 e. The highest BCUT2D eigenvalue weighted by molar-refractivity contribution is 5.89. The first kappa shape index (κ1) is 22.3. The maximum atomic E-state index is 12.7. The van der Waals surface area contributed by atoms with Crippen LogP contribution < -0.4 is 5.32 Å². The second-order valence-electron chi connectivity index (χ2n) is 7.77. The highest BCUT2D eigenvalue weighted by atomic mass is 16.5. The van der Waals surface area contributed by atoms with Crippen molar-refractivity contribution in [3.63, 3.8) is 0 Å². The molecule has 1 aliphatic rings. The lowest BCUT2D eigenvalue weighted by Crippen LogP contribution is -2.51. The molecule has 2 unspecified atom stereocenters. The average Bonchev–Trinajstić information content (AvgIpc) is 3.09. The number of ether oxygens (including phenoxy) is 1. The van der Waals surface area contributed by atoms with Gasteiger partial charge in [0.05, 0.1) is 0 Å². The Hall–Kier alpha value is -3.35. The monoisotopic (exact) mass is 424 g/mol. The number of hydrogen-bond acceptors (Lipinski definition) is 4. The lowest BCUT2D eigenvalue weighted by molar-refractivity contribution is -0.149. The van der Waals surface area contributed by atoms with Crippen LogP contribution in [-0.2, 0) is 14.3 Å².